The van der Waals surface area contributed by atoms with Gasteiger partial charge in [0.25, 0.3) is 10.0 Å². The highest BCUT2D eigenvalue weighted by molar-refractivity contribution is 7.89. The molecule has 0 bridgehead atoms. The molecular formula is C12H15N3O5S. The van der Waals surface area contributed by atoms with Gasteiger partial charge >= 0.3 is 5.97 Å². The van der Waals surface area contributed by atoms with Crippen LogP contribution in [0.5, 0.6) is 0 Å². The van der Waals surface area contributed by atoms with Crippen LogP contribution in [-0.2, 0) is 28.3 Å². The van der Waals surface area contributed by atoms with Gasteiger partial charge in [-0.2, -0.15) is 9.82 Å². The second kappa shape index (κ2) is 5.70. The highest BCUT2D eigenvalue weighted by Gasteiger charge is 2.28. The number of carbonyl (C=O) groups is 1. The van der Waals surface area contributed by atoms with Crippen LogP contribution in [0.4, 0.5) is 0 Å². The number of aromatic nitrogens is 2. The maximum Gasteiger partial charge on any atom is 0.322 e. The average Bonchev–Trinajstić information content (AvgIpc) is 3.03. The molecule has 9 heteroatoms. The van der Waals surface area contributed by atoms with Crippen molar-refractivity contribution in [2.75, 3.05) is 0 Å². The summed E-state index contributed by atoms with van der Waals surface area (Å²) < 4.78 is 32.5. The molecule has 8 nitrogen and oxygen atoms in total. The summed E-state index contributed by atoms with van der Waals surface area (Å²) in [5.41, 5.74) is 1.44. The number of carboxylic acid groups (broad SMARTS) is 1. The summed E-state index contributed by atoms with van der Waals surface area (Å²) in [6.07, 6.45) is 2.72. The Morgan fingerprint density at radius 2 is 2.29 bits per heavy atom. The molecule has 2 aromatic rings. The molecule has 0 radical (unpaired) electrons. The number of hydrogen-bond donors (Lipinski definition) is 2. The Hall–Kier alpha value is -2.13. The second-order valence-corrected chi connectivity index (χ2v) is 6.17. The molecular weight excluding hydrogens is 298 g/mol. The molecule has 0 saturated heterocycles. The Labute approximate surface area is 121 Å². The number of rotatable bonds is 6. The summed E-state index contributed by atoms with van der Waals surface area (Å²) in [7, 11) is -2.29. The number of aryl methyl sites for hydroxylation is 1. The number of nitrogens with one attached hydrogen (secondary N) is 1. The smallest absolute Gasteiger partial charge is 0.322 e. The fraction of sp³-hybridized carbons (Fsp3) is 0.333. The quantitative estimate of drug-likeness (QED) is 0.792. The van der Waals surface area contributed by atoms with Crippen molar-refractivity contribution in [1.29, 1.82) is 0 Å². The first-order valence-electron chi connectivity index (χ1n) is 6.07. The standard InChI is InChI=1S/C12H15N3O5S/c1-8-9(7-13-15(8)2)6-10(12(16)17)14-21(18,19)11-4-3-5-20-11/h3-5,7,10,14H,6H2,1-2H3,(H,16,17). The van der Waals surface area contributed by atoms with Crippen molar-refractivity contribution in [3.8, 4) is 0 Å². The van der Waals surface area contributed by atoms with E-state index < -0.39 is 22.0 Å². The van der Waals surface area contributed by atoms with Gasteiger partial charge in [-0.3, -0.25) is 9.48 Å². The van der Waals surface area contributed by atoms with Crippen LogP contribution in [-0.4, -0.2) is 35.3 Å². The largest absolute Gasteiger partial charge is 0.480 e. The zero-order valence-electron chi connectivity index (χ0n) is 11.5. The van der Waals surface area contributed by atoms with Crippen LogP contribution in [0.15, 0.2) is 34.1 Å². The molecule has 21 heavy (non-hydrogen) atoms. The first-order valence-corrected chi connectivity index (χ1v) is 7.55. The lowest BCUT2D eigenvalue weighted by Crippen LogP contribution is -2.42. The first kappa shape index (κ1) is 15.3. The monoisotopic (exact) mass is 313 g/mol. The summed E-state index contributed by atoms with van der Waals surface area (Å²) in [6.45, 7) is 1.78. The van der Waals surface area contributed by atoms with Gasteiger partial charge in [-0.25, -0.2) is 8.42 Å². The van der Waals surface area contributed by atoms with Crippen molar-refractivity contribution in [3.05, 3.63) is 35.9 Å². The minimum atomic E-state index is -4.01. The zero-order valence-corrected chi connectivity index (χ0v) is 12.3. The van der Waals surface area contributed by atoms with E-state index in [1.165, 1.54) is 24.6 Å². The van der Waals surface area contributed by atoms with Crippen LogP contribution in [0.2, 0.25) is 0 Å². The molecule has 2 rings (SSSR count). The van der Waals surface area contributed by atoms with Gasteiger partial charge in [0.2, 0.25) is 5.09 Å². The Morgan fingerprint density at radius 1 is 1.57 bits per heavy atom. The molecule has 0 aliphatic heterocycles. The van der Waals surface area contributed by atoms with Crippen LogP contribution in [0, 0.1) is 6.92 Å². The number of sulfonamides is 1. The molecule has 0 amide bonds. The van der Waals surface area contributed by atoms with E-state index in [0.29, 0.717) is 5.56 Å². The van der Waals surface area contributed by atoms with Crippen LogP contribution < -0.4 is 4.72 Å². The SMILES string of the molecule is Cc1c(CC(NS(=O)(=O)c2ccco2)C(=O)O)cnn1C. The fourth-order valence-electron chi connectivity index (χ4n) is 1.81. The van der Waals surface area contributed by atoms with E-state index in [-0.39, 0.29) is 11.5 Å². The van der Waals surface area contributed by atoms with Gasteiger partial charge in [-0.1, -0.05) is 0 Å². The van der Waals surface area contributed by atoms with Crippen molar-refractivity contribution >= 4 is 16.0 Å². The Bertz CT molecular complexity index is 733. The molecule has 0 saturated carbocycles. The minimum absolute atomic E-state index is 0.00501. The number of aliphatic carboxylic acids is 1. The molecule has 1 unspecified atom stereocenters. The van der Waals surface area contributed by atoms with Gasteiger partial charge < -0.3 is 9.52 Å². The molecule has 2 heterocycles. The molecule has 0 aliphatic carbocycles. The topological polar surface area (TPSA) is 114 Å². The molecule has 114 valence electrons. The molecule has 2 N–H and O–H groups in total. The van der Waals surface area contributed by atoms with E-state index in [9.17, 15) is 18.3 Å². The molecule has 0 aliphatic rings. The average molecular weight is 313 g/mol. The molecule has 0 spiro atoms. The highest BCUT2D eigenvalue weighted by Crippen LogP contribution is 2.13. The fourth-order valence-corrected chi connectivity index (χ4v) is 2.92. The number of nitrogens with zero attached hydrogens (tertiary/aromatic N) is 2. The maximum absolute atomic E-state index is 12.0. The second-order valence-electron chi connectivity index (χ2n) is 4.53. The Kier molecular flexibility index (Phi) is 4.14. The molecule has 0 aromatic carbocycles. The van der Waals surface area contributed by atoms with Crippen LogP contribution in [0.3, 0.4) is 0 Å². The zero-order chi connectivity index (χ0) is 15.6. The van der Waals surface area contributed by atoms with Crippen molar-refractivity contribution in [3.63, 3.8) is 0 Å². The predicted molar refractivity (Wildman–Crippen MR) is 72.1 cm³/mol. The summed E-state index contributed by atoms with van der Waals surface area (Å²) in [5, 5.41) is 12.9. The third kappa shape index (κ3) is 3.31. The number of furan rings is 1. The van der Waals surface area contributed by atoms with Gasteiger partial charge in [0.15, 0.2) is 0 Å². The lowest BCUT2D eigenvalue weighted by Gasteiger charge is -2.13. The van der Waals surface area contributed by atoms with Crippen LogP contribution in [0.1, 0.15) is 11.3 Å². The number of carboxylic acids is 1. The van der Waals surface area contributed by atoms with Crippen LogP contribution >= 0.6 is 0 Å². The van der Waals surface area contributed by atoms with E-state index in [1.54, 1.807) is 18.7 Å². The lowest BCUT2D eigenvalue weighted by atomic mass is 10.1. The van der Waals surface area contributed by atoms with Gasteiger partial charge in [0.1, 0.15) is 6.04 Å². The number of hydrogen-bond acceptors (Lipinski definition) is 5. The summed E-state index contributed by atoms with van der Waals surface area (Å²) in [5.74, 6) is -1.27. The molecule has 2 aromatic heterocycles. The van der Waals surface area contributed by atoms with Crippen molar-refractivity contribution in [1.82, 2.24) is 14.5 Å². The van der Waals surface area contributed by atoms with E-state index in [1.807, 2.05) is 0 Å². The Balaban J connectivity index is 2.21. The third-order valence-electron chi connectivity index (χ3n) is 3.12. The van der Waals surface area contributed by atoms with Crippen molar-refractivity contribution < 1.29 is 22.7 Å². The van der Waals surface area contributed by atoms with Gasteiger partial charge in [0.05, 0.1) is 12.5 Å². The van der Waals surface area contributed by atoms with E-state index in [2.05, 4.69) is 9.82 Å². The van der Waals surface area contributed by atoms with E-state index in [4.69, 9.17) is 4.42 Å². The maximum atomic E-state index is 12.0. The van der Waals surface area contributed by atoms with Gasteiger partial charge in [-0.05, 0) is 24.6 Å². The molecule has 1 atom stereocenters. The van der Waals surface area contributed by atoms with E-state index >= 15 is 0 Å². The summed E-state index contributed by atoms with van der Waals surface area (Å²) in [6, 6.07) is 1.36. The third-order valence-corrected chi connectivity index (χ3v) is 4.47. The minimum Gasteiger partial charge on any atom is -0.480 e. The lowest BCUT2D eigenvalue weighted by molar-refractivity contribution is -0.138. The first-order chi connectivity index (χ1) is 9.81. The Morgan fingerprint density at radius 3 is 2.76 bits per heavy atom. The van der Waals surface area contributed by atoms with E-state index in [0.717, 1.165) is 5.69 Å². The molecule has 0 fully saturated rings. The highest BCUT2D eigenvalue weighted by atomic mass is 32.2. The predicted octanol–water partition coefficient (Wildman–Crippen LogP) is 0.296. The van der Waals surface area contributed by atoms with Crippen LogP contribution in [0.25, 0.3) is 0 Å². The normalized spacial score (nSPS) is 13.2. The van der Waals surface area contributed by atoms with Gasteiger partial charge in [-0.15, -0.1) is 0 Å². The summed E-state index contributed by atoms with van der Waals surface area (Å²) >= 11 is 0. The van der Waals surface area contributed by atoms with Gasteiger partial charge in [0, 0.05) is 19.2 Å². The van der Waals surface area contributed by atoms with Crippen molar-refractivity contribution in [2.45, 2.75) is 24.5 Å². The van der Waals surface area contributed by atoms with Crippen molar-refractivity contribution in [2.24, 2.45) is 7.05 Å². The summed E-state index contributed by atoms with van der Waals surface area (Å²) in [4.78, 5) is 11.3.